The number of aliphatic hydroxyl groups excluding tert-OH is 1. The van der Waals surface area contributed by atoms with Gasteiger partial charge in [-0.15, -0.1) is 12.4 Å². The number of aliphatic hydroxyl groups is 1. The second kappa shape index (κ2) is 7.87. The molecule has 1 fully saturated rings. The topological polar surface area (TPSA) is 75.4 Å². The molecule has 1 saturated carbocycles. The number of carbonyl (C=O) groups is 1. The number of carbonyl (C=O) groups excluding carboxylic acids is 1. The van der Waals surface area contributed by atoms with Gasteiger partial charge in [-0.3, -0.25) is 4.79 Å². The Balaban J connectivity index is 0.00000225. The lowest BCUT2D eigenvalue weighted by Gasteiger charge is -2.28. The summed E-state index contributed by atoms with van der Waals surface area (Å²) >= 11 is 0. The second-order valence-electron chi connectivity index (χ2n) is 4.50. The number of nitrogens with one attached hydrogen (secondary N) is 1. The maximum absolute atomic E-state index is 11.3. The number of hydrogen-bond acceptors (Lipinski definition) is 3. The average molecular weight is 251 g/mol. The zero-order chi connectivity index (χ0) is 11.1. The van der Waals surface area contributed by atoms with Crippen LogP contribution in [0.2, 0.25) is 0 Å². The van der Waals surface area contributed by atoms with E-state index in [2.05, 4.69) is 5.32 Å². The van der Waals surface area contributed by atoms with Crippen LogP contribution >= 0.6 is 12.4 Å². The van der Waals surface area contributed by atoms with Crippen LogP contribution < -0.4 is 11.1 Å². The Morgan fingerprint density at radius 1 is 1.38 bits per heavy atom. The van der Waals surface area contributed by atoms with E-state index in [1.54, 1.807) is 0 Å². The van der Waals surface area contributed by atoms with E-state index in [4.69, 9.17) is 10.8 Å². The molecular weight excluding hydrogens is 228 g/mol. The summed E-state index contributed by atoms with van der Waals surface area (Å²) in [6.45, 7) is 1.32. The molecule has 1 rings (SSSR count). The number of halogens is 1. The molecule has 96 valence electrons. The van der Waals surface area contributed by atoms with Crippen molar-refractivity contribution >= 4 is 18.3 Å². The first kappa shape index (κ1) is 15.7. The van der Waals surface area contributed by atoms with E-state index in [-0.39, 0.29) is 30.3 Å². The van der Waals surface area contributed by atoms with Gasteiger partial charge in [-0.2, -0.15) is 0 Å². The van der Waals surface area contributed by atoms with Gasteiger partial charge < -0.3 is 16.2 Å². The molecule has 1 aliphatic carbocycles. The van der Waals surface area contributed by atoms with E-state index >= 15 is 0 Å². The highest BCUT2D eigenvalue weighted by Gasteiger charge is 2.33. The van der Waals surface area contributed by atoms with Crippen LogP contribution in [0.5, 0.6) is 0 Å². The van der Waals surface area contributed by atoms with Gasteiger partial charge in [0.1, 0.15) is 0 Å². The highest BCUT2D eigenvalue weighted by Crippen LogP contribution is 2.40. The van der Waals surface area contributed by atoms with Gasteiger partial charge in [0, 0.05) is 26.1 Å². The third-order valence-electron chi connectivity index (χ3n) is 3.34. The standard InChI is InChI=1S/C11H22N2O2.ClH/c12-7-3-10(15)13-9-11(6-8-14)4-1-2-5-11;/h14H,1-9,12H2,(H,13,15);1H. The molecule has 0 unspecified atom stereocenters. The summed E-state index contributed by atoms with van der Waals surface area (Å²) in [7, 11) is 0. The van der Waals surface area contributed by atoms with E-state index < -0.39 is 0 Å². The Kier molecular flexibility index (Phi) is 7.72. The van der Waals surface area contributed by atoms with Gasteiger partial charge in [-0.1, -0.05) is 12.8 Å². The van der Waals surface area contributed by atoms with Crippen LogP contribution in [0.15, 0.2) is 0 Å². The zero-order valence-corrected chi connectivity index (χ0v) is 10.5. The third-order valence-corrected chi connectivity index (χ3v) is 3.34. The largest absolute Gasteiger partial charge is 0.396 e. The van der Waals surface area contributed by atoms with Gasteiger partial charge in [0.25, 0.3) is 0 Å². The first-order valence-corrected chi connectivity index (χ1v) is 5.80. The first-order chi connectivity index (χ1) is 7.22. The predicted molar refractivity (Wildman–Crippen MR) is 66.5 cm³/mol. The van der Waals surface area contributed by atoms with Crippen molar-refractivity contribution in [1.82, 2.24) is 5.32 Å². The van der Waals surface area contributed by atoms with Crippen molar-refractivity contribution in [3.05, 3.63) is 0 Å². The summed E-state index contributed by atoms with van der Waals surface area (Å²) < 4.78 is 0. The fourth-order valence-electron chi connectivity index (χ4n) is 2.38. The fourth-order valence-corrected chi connectivity index (χ4v) is 2.38. The van der Waals surface area contributed by atoms with Crippen LogP contribution in [0.1, 0.15) is 38.5 Å². The number of hydrogen-bond donors (Lipinski definition) is 3. The molecule has 1 amide bonds. The summed E-state index contributed by atoms with van der Waals surface area (Å²) in [4.78, 5) is 11.3. The molecule has 0 aromatic heterocycles. The molecule has 0 aromatic carbocycles. The molecule has 0 aliphatic heterocycles. The predicted octanol–water partition coefficient (Wildman–Crippen LogP) is 0.816. The minimum Gasteiger partial charge on any atom is -0.396 e. The normalized spacial score (nSPS) is 17.9. The number of nitrogens with two attached hydrogens (primary N) is 1. The van der Waals surface area contributed by atoms with Gasteiger partial charge in [-0.25, -0.2) is 0 Å². The molecule has 16 heavy (non-hydrogen) atoms. The van der Waals surface area contributed by atoms with Crippen LogP contribution in [0.3, 0.4) is 0 Å². The van der Waals surface area contributed by atoms with Crippen molar-refractivity contribution in [3.63, 3.8) is 0 Å². The van der Waals surface area contributed by atoms with Crippen molar-refractivity contribution < 1.29 is 9.90 Å². The summed E-state index contributed by atoms with van der Waals surface area (Å²) in [5.74, 6) is 0.0294. The molecule has 4 nitrogen and oxygen atoms in total. The zero-order valence-electron chi connectivity index (χ0n) is 9.71. The summed E-state index contributed by atoms with van der Waals surface area (Å²) in [6, 6.07) is 0. The lowest BCUT2D eigenvalue weighted by Crippen LogP contribution is -2.37. The molecule has 0 radical (unpaired) electrons. The van der Waals surface area contributed by atoms with Crippen molar-refractivity contribution in [2.75, 3.05) is 19.7 Å². The van der Waals surface area contributed by atoms with E-state index in [9.17, 15) is 4.79 Å². The average Bonchev–Trinajstić information content (AvgIpc) is 2.65. The Morgan fingerprint density at radius 3 is 2.50 bits per heavy atom. The Bertz CT molecular complexity index is 206. The summed E-state index contributed by atoms with van der Waals surface area (Å²) in [6.07, 6.45) is 5.87. The Hall–Kier alpha value is -0.320. The highest BCUT2D eigenvalue weighted by atomic mass is 35.5. The smallest absolute Gasteiger partial charge is 0.221 e. The third kappa shape index (κ3) is 4.68. The van der Waals surface area contributed by atoms with Crippen molar-refractivity contribution in [2.45, 2.75) is 38.5 Å². The molecule has 5 heteroatoms. The monoisotopic (exact) mass is 250 g/mol. The van der Waals surface area contributed by atoms with Crippen molar-refractivity contribution in [2.24, 2.45) is 11.1 Å². The molecule has 0 saturated heterocycles. The molecule has 0 spiro atoms. The van der Waals surface area contributed by atoms with E-state index in [0.717, 1.165) is 19.3 Å². The first-order valence-electron chi connectivity index (χ1n) is 5.80. The van der Waals surface area contributed by atoms with Crippen LogP contribution in [-0.4, -0.2) is 30.7 Å². The van der Waals surface area contributed by atoms with Crippen LogP contribution in [0.25, 0.3) is 0 Å². The van der Waals surface area contributed by atoms with Crippen LogP contribution in [0.4, 0.5) is 0 Å². The van der Waals surface area contributed by atoms with Crippen LogP contribution in [0, 0.1) is 5.41 Å². The molecular formula is C11H23ClN2O2. The Labute approximate surface area is 103 Å². The number of amides is 1. The maximum atomic E-state index is 11.3. The van der Waals surface area contributed by atoms with Gasteiger partial charge in [0.15, 0.2) is 0 Å². The molecule has 0 heterocycles. The fraction of sp³-hybridized carbons (Fsp3) is 0.909. The van der Waals surface area contributed by atoms with Gasteiger partial charge >= 0.3 is 0 Å². The minimum atomic E-state index is 0. The SMILES string of the molecule is Cl.NCCC(=O)NCC1(CCO)CCCC1. The van der Waals surface area contributed by atoms with Gasteiger partial charge in [-0.05, 0) is 24.7 Å². The van der Waals surface area contributed by atoms with E-state index in [0.29, 0.717) is 19.5 Å². The minimum absolute atomic E-state index is 0. The van der Waals surface area contributed by atoms with Crippen molar-refractivity contribution in [1.29, 1.82) is 0 Å². The van der Waals surface area contributed by atoms with Crippen LogP contribution in [-0.2, 0) is 4.79 Å². The number of rotatable bonds is 6. The summed E-state index contributed by atoms with van der Waals surface area (Å²) in [5.41, 5.74) is 5.46. The van der Waals surface area contributed by atoms with Gasteiger partial charge in [0.2, 0.25) is 5.91 Å². The quantitative estimate of drug-likeness (QED) is 0.653. The molecule has 0 atom stereocenters. The van der Waals surface area contributed by atoms with Crippen molar-refractivity contribution in [3.8, 4) is 0 Å². The highest BCUT2D eigenvalue weighted by molar-refractivity contribution is 5.85. The Morgan fingerprint density at radius 2 is 2.00 bits per heavy atom. The van der Waals surface area contributed by atoms with E-state index in [1.807, 2.05) is 0 Å². The van der Waals surface area contributed by atoms with Gasteiger partial charge in [0.05, 0.1) is 0 Å². The lowest BCUT2D eigenvalue weighted by molar-refractivity contribution is -0.121. The molecule has 1 aliphatic rings. The molecule has 0 bridgehead atoms. The second-order valence-corrected chi connectivity index (χ2v) is 4.50. The van der Waals surface area contributed by atoms with E-state index in [1.165, 1.54) is 12.8 Å². The molecule has 4 N–H and O–H groups in total. The summed E-state index contributed by atoms with van der Waals surface area (Å²) in [5, 5.41) is 11.9. The molecule has 0 aromatic rings. The lowest BCUT2D eigenvalue weighted by atomic mass is 9.83. The maximum Gasteiger partial charge on any atom is 0.221 e.